The van der Waals surface area contributed by atoms with E-state index in [1.807, 2.05) is 28.9 Å². The van der Waals surface area contributed by atoms with Crippen molar-refractivity contribution in [1.29, 1.82) is 0 Å². The van der Waals surface area contributed by atoms with Gasteiger partial charge in [0, 0.05) is 19.0 Å². The second-order valence-electron chi connectivity index (χ2n) is 6.05. The lowest BCUT2D eigenvalue weighted by Gasteiger charge is -2.10. The number of carbonyl (C=O) groups excluding carboxylic acids is 1. The van der Waals surface area contributed by atoms with Gasteiger partial charge in [0.05, 0.1) is 24.1 Å². The standard InChI is InChI=1S/C18H23N3O2/c1-2-9-21-17(13-7-8-13)16(11-20-21)18(23)19-10-14-5-3-4-6-15(14)12-22/h3-6,11,13,22H,2,7-10,12H2,1H3,(H,19,23). The molecule has 122 valence electrons. The highest BCUT2D eigenvalue weighted by atomic mass is 16.3. The Morgan fingerprint density at radius 1 is 1.35 bits per heavy atom. The zero-order chi connectivity index (χ0) is 16.2. The number of aryl methyl sites for hydroxylation is 1. The lowest BCUT2D eigenvalue weighted by atomic mass is 10.1. The Balaban J connectivity index is 1.73. The third kappa shape index (κ3) is 3.45. The highest BCUT2D eigenvalue weighted by Crippen LogP contribution is 2.41. The van der Waals surface area contributed by atoms with Crippen LogP contribution in [-0.2, 0) is 19.7 Å². The number of nitrogens with zero attached hydrogens (tertiary/aromatic N) is 2. The average Bonchev–Trinajstić information content (AvgIpc) is 3.33. The largest absolute Gasteiger partial charge is 0.392 e. The van der Waals surface area contributed by atoms with E-state index in [9.17, 15) is 9.90 Å². The molecule has 5 heteroatoms. The van der Waals surface area contributed by atoms with Gasteiger partial charge < -0.3 is 10.4 Å². The van der Waals surface area contributed by atoms with Gasteiger partial charge in [0.1, 0.15) is 0 Å². The average molecular weight is 313 g/mol. The third-order valence-corrected chi connectivity index (χ3v) is 4.25. The molecule has 1 aliphatic carbocycles. The Hall–Kier alpha value is -2.14. The van der Waals surface area contributed by atoms with Crippen molar-refractivity contribution >= 4 is 5.91 Å². The molecule has 0 spiro atoms. The van der Waals surface area contributed by atoms with Gasteiger partial charge in [-0.3, -0.25) is 9.48 Å². The Bertz CT molecular complexity index is 689. The van der Waals surface area contributed by atoms with Gasteiger partial charge in [-0.1, -0.05) is 31.2 Å². The lowest BCUT2D eigenvalue weighted by molar-refractivity contribution is 0.0949. The number of aromatic nitrogens is 2. The number of aliphatic hydroxyl groups excluding tert-OH is 1. The van der Waals surface area contributed by atoms with Gasteiger partial charge in [-0.2, -0.15) is 5.10 Å². The summed E-state index contributed by atoms with van der Waals surface area (Å²) in [6, 6.07) is 7.59. The molecule has 1 aliphatic rings. The molecule has 0 aliphatic heterocycles. The van der Waals surface area contributed by atoms with Crippen LogP contribution in [-0.4, -0.2) is 20.8 Å². The lowest BCUT2D eigenvalue weighted by Crippen LogP contribution is -2.24. The molecule has 0 radical (unpaired) electrons. The van der Waals surface area contributed by atoms with Crippen molar-refractivity contribution in [3.8, 4) is 0 Å². The van der Waals surface area contributed by atoms with Crippen LogP contribution in [0.2, 0.25) is 0 Å². The first-order chi connectivity index (χ1) is 11.2. The van der Waals surface area contributed by atoms with Crippen molar-refractivity contribution in [3.63, 3.8) is 0 Å². The molecule has 3 rings (SSSR count). The molecule has 0 atom stereocenters. The maximum Gasteiger partial charge on any atom is 0.255 e. The number of aliphatic hydroxyl groups is 1. The first-order valence-electron chi connectivity index (χ1n) is 8.26. The number of amides is 1. The molecular formula is C18H23N3O2. The fourth-order valence-corrected chi connectivity index (χ4v) is 2.90. The third-order valence-electron chi connectivity index (χ3n) is 4.25. The summed E-state index contributed by atoms with van der Waals surface area (Å²) in [7, 11) is 0. The minimum absolute atomic E-state index is 0.0200. The zero-order valence-corrected chi connectivity index (χ0v) is 13.5. The molecule has 2 aromatic rings. The summed E-state index contributed by atoms with van der Waals surface area (Å²) in [4.78, 5) is 12.6. The first-order valence-corrected chi connectivity index (χ1v) is 8.26. The van der Waals surface area contributed by atoms with E-state index in [-0.39, 0.29) is 12.5 Å². The molecule has 1 aromatic heterocycles. The molecular weight excluding hydrogens is 290 g/mol. The summed E-state index contributed by atoms with van der Waals surface area (Å²) >= 11 is 0. The molecule has 5 nitrogen and oxygen atoms in total. The van der Waals surface area contributed by atoms with Gasteiger partial charge in [0.2, 0.25) is 0 Å². The predicted molar refractivity (Wildman–Crippen MR) is 88.0 cm³/mol. The van der Waals surface area contributed by atoms with Crippen molar-refractivity contribution < 1.29 is 9.90 Å². The predicted octanol–water partition coefficient (Wildman–Crippen LogP) is 2.59. The summed E-state index contributed by atoms with van der Waals surface area (Å²) in [5.74, 6) is 0.400. The van der Waals surface area contributed by atoms with Gasteiger partial charge in [-0.25, -0.2) is 0 Å². The van der Waals surface area contributed by atoms with Crippen molar-refractivity contribution in [1.82, 2.24) is 15.1 Å². The fraction of sp³-hybridized carbons (Fsp3) is 0.444. The van der Waals surface area contributed by atoms with Crippen LogP contribution in [0.1, 0.15) is 59.3 Å². The number of hydrogen-bond donors (Lipinski definition) is 2. The van der Waals surface area contributed by atoms with Gasteiger partial charge >= 0.3 is 0 Å². The highest BCUT2D eigenvalue weighted by molar-refractivity contribution is 5.95. The monoisotopic (exact) mass is 313 g/mol. The van der Waals surface area contributed by atoms with Crippen LogP contribution < -0.4 is 5.32 Å². The molecule has 1 amide bonds. The summed E-state index contributed by atoms with van der Waals surface area (Å²) in [5, 5.41) is 16.7. The van der Waals surface area contributed by atoms with Crippen molar-refractivity contribution in [2.24, 2.45) is 0 Å². The molecule has 0 unspecified atom stereocenters. The molecule has 1 fully saturated rings. The molecule has 0 saturated heterocycles. The van der Waals surface area contributed by atoms with E-state index >= 15 is 0 Å². The van der Waals surface area contributed by atoms with Crippen LogP contribution in [0.3, 0.4) is 0 Å². The van der Waals surface area contributed by atoms with Crippen LogP contribution in [0, 0.1) is 0 Å². The Labute approximate surface area is 136 Å². The normalized spacial score (nSPS) is 14.0. The second-order valence-corrected chi connectivity index (χ2v) is 6.05. The van der Waals surface area contributed by atoms with Crippen LogP contribution in [0.4, 0.5) is 0 Å². The van der Waals surface area contributed by atoms with E-state index in [1.54, 1.807) is 6.20 Å². The van der Waals surface area contributed by atoms with E-state index in [0.717, 1.165) is 42.6 Å². The number of carbonyl (C=O) groups is 1. The molecule has 1 saturated carbocycles. The maximum absolute atomic E-state index is 12.6. The zero-order valence-electron chi connectivity index (χ0n) is 13.5. The fourth-order valence-electron chi connectivity index (χ4n) is 2.90. The van der Waals surface area contributed by atoms with Crippen LogP contribution in [0.25, 0.3) is 0 Å². The van der Waals surface area contributed by atoms with Gasteiger partial charge in [0.25, 0.3) is 5.91 Å². The smallest absolute Gasteiger partial charge is 0.255 e. The van der Waals surface area contributed by atoms with Gasteiger partial charge in [0.15, 0.2) is 0 Å². The SMILES string of the molecule is CCCn1ncc(C(=O)NCc2ccccc2CO)c1C1CC1. The quantitative estimate of drug-likeness (QED) is 0.825. The first kappa shape index (κ1) is 15.7. The summed E-state index contributed by atoms with van der Waals surface area (Å²) in [6.07, 6.45) is 4.98. The van der Waals surface area contributed by atoms with E-state index in [1.165, 1.54) is 0 Å². The van der Waals surface area contributed by atoms with Crippen molar-refractivity contribution in [2.75, 3.05) is 0 Å². The molecule has 23 heavy (non-hydrogen) atoms. The topological polar surface area (TPSA) is 67.2 Å². The van der Waals surface area contributed by atoms with E-state index in [4.69, 9.17) is 0 Å². The maximum atomic E-state index is 12.6. The minimum Gasteiger partial charge on any atom is -0.392 e. The molecule has 1 aromatic carbocycles. The van der Waals surface area contributed by atoms with Gasteiger partial charge in [-0.15, -0.1) is 0 Å². The molecule has 2 N–H and O–H groups in total. The van der Waals surface area contributed by atoms with Crippen LogP contribution in [0.15, 0.2) is 30.5 Å². The summed E-state index contributed by atoms with van der Waals surface area (Å²) in [5.41, 5.74) is 3.57. The number of rotatable bonds is 7. The minimum atomic E-state index is -0.0815. The van der Waals surface area contributed by atoms with Crippen LogP contribution in [0.5, 0.6) is 0 Å². The highest BCUT2D eigenvalue weighted by Gasteiger charge is 2.32. The number of benzene rings is 1. The van der Waals surface area contributed by atoms with Crippen molar-refractivity contribution in [3.05, 3.63) is 52.8 Å². The van der Waals surface area contributed by atoms with E-state index in [0.29, 0.717) is 18.0 Å². The molecule has 0 bridgehead atoms. The van der Waals surface area contributed by atoms with Crippen LogP contribution >= 0.6 is 0 Å². The van der Waals surface area contributed by atoms with E-state index in [2.05, 4.69) is 17.3 Å². The Morgan fingerprint density at radius 2 is 2.09 bits per heavy atom. The van der Waals surface area contributed by atoms with Gasteiger partial charge in [-0.05, 0) is 30.4 Å². The second kappa shape index (κ2) is 6.96. The number of nitrogens with one attached hydrogen (secondary N) is 1. The molecule has 1 heterocycles. The summed E-state index contributed by atoms with van der Waals surface area (Å²) < 4.78 is 1.98. The number of hydrogen-bond acceptors (Lipinski definition) is 3. The van der Waals surface area contributed by atoms with E-state index < -0.39 is 0 Å². The Morgan fingerprint density at radius 3 is 2.74 bits per heavy atom. The summed E-state index contributed by atoms with van der Waals surface area (Å²) in [6.45, 7) is 3.36. The van der Waals surface area contributed by atoms with Crippen molar-refractivity contribution in [2.45, 2.75) is 51.8 Å². The Kier molecular flexibility index (Phi) is 4.76.